The molecule has 1 fully saturated rings. The van der Waals surface area contributed by atoms with Crippen molar-refractivity contribution in [3.63, 3.8) is 0 Å². The minimum atomic E-state index is -0.775. The van der Waals surface area contributed by atoms with Crippen molar-refractivity contribution in [2.75, 3.05) is 0 Å². The molecule has 0 aromatic rings. The van der Waals surface area contributed by atoms with Gasteiger partial charge in [-0.05, 0) is 62.2 Å². The molecule has 0 aromatic heterocycles. The van der Waals surface area contributed by atoms with Gasteiger partial charge in [0.2, 0.25) is 0 Å². The minimum Gasteiger partial charge on any atom is -0.437 e. The Labute approximate surface area is 197 Å². The third-order valence-corrected chi connectivity index (χ3v) is 8.19. The summed E-state index contributed by atoms with van der Waals surface area (Å²) in [6.45, 7) is 6.33. The largest absolute Gasteiger partial charge is 0.437 e. The predicted molar refractivity (Wildman–Crippen MR) is 141 cm³/mol. The molecular formula is C22H44O5P4. The lowest BCUT2D eigenvalue weighted by Gasteiger charge is -2.31. The van der Waals surface area contributed by atoms with Gasteiger partial charge in [0.05, 0.1) is 18.3 Å². The smallest absolute Gasteiger partial charge is 0.309 e. The molecule has 0 bridgehead atoms. The van der Waals surface area contributed by atoms with Crippen LogP contribution >= 0.6 is 34.8 Å². The lowest BCUT2D eigenvalue weighted by Crippen LogP contribution is -2.31. The number of aliphatic hydroxyl groups excluding tert-OH is 2. The molecule has 0 aliphatic heterocycles. The fourth-order valence-corrected chi connectivity index (χ4v) is 5.60. The van der Waals surface area contributed by atoms with E-state index in [2.05, 4.69) is 60.2 Å². The Kier molecular flexibility index (Phi) is 15.1. The second kappa shape index (κ2) is 15.7. The molecule has 1 aliphatic carbocycles. The fourth-order valence-electron chi connectivity index (χ4n) is 4.26. The van der Waals surface area contributed by atoms with Gasteiger partial charge in [-0.1, -0.05) is 57.2 Å². The van der Waals surface area contributed by atoms with Crippen LogP contribution in [0.2, 0.25) is 0 Å². The summed E-state index contributed by atoms with van der Waals surface area (Å²) in [7, 11) is 6.57. The van der Waals surface area contributed by atoms with Gasteiger partial charge in [0, 0.05) is 22.3 Å². The van der Waals surface area contributed by atoms with Crippen molar-refractivity contribution in [1.82, 2.24) is 0 Å². The Morgan fingerprint density at radius 3 is 2.55 bits per heavy atom. The molecule has 1 rings (SSSR count). The van der Waals surface area contributed by atoms with Crippen LogP contribution in [0.25, 0.3) is 0 Å². The second-order valence-electron chi connectivity index (χ2n) is 9.37. The van der Waals surface area contributed by atoms with Gasteiger partial charge >= 0.3 is 5.97 Å². The van der Waals surface area contributed by atoms with Gasteiger partial charge < -0.3 is 19.3 Å². The molecule has 1 aliphatic rings. The number of rotatable bonds is 15. The zero-order chi connectivity index (χ0) is 23.4. The minimum absolute atomic E-state index is 0.0270. The zero-order valence-corrected chi connectivity index (χ0v) is 23.8. The average Bonchev–Trinajstić information content (AvgIpc) is 3.01. The van der Waals surface area contributed by atoms with Gasteiger partial charge in [0.25, 0.3) is 0 Å². The summed E-state index contributed by atoms with van der Waals surface area (Å²) in [6.07, 6.45) is 12.1. The van der Waals surface area contributed by atoms with E-state index in [1.807, 2.05) is 0 Å². The van der Waals surface area contributed by atoms with E-state index in [4.69, 9.17) is 9.05 Å². The van der Waals surface area contributed by atoms with Crippen LogP contribution in [0.1, 0.15) is 85.0 Å². The summed E-state index contributed by atoms with van der Waals surface area (Å²) >= 11 is 0. The molecule has 8 unspecified atom stereocenters. The number of unbranched alkanes of at least 4 members (excludes halogenated alkanes) is 3. The number of allylic oxidation sites excluding steroid dienone is 2. The quantitative estimate of drug-likeness (QED) is 0.156. The van der Waals surface area contributed by atoms with Crippen LogP contribution in [0, 0.1) is 17.3 Å². The number of aliphatic hydroxyl groups is 2. The second-order valence-corrected chi connectivity index (χ2v) is 15.4. The molecule has 8 atom stereocenters. The normalized spacial score (nSPS) is 25.5. The molecule has 0 amide bonds. The standard InChI is InChI=1S/C22H44O5P4/c1-4-22(2,3)20(24)14-13-17-16(18(23)15-19(17)26-28)11-9-7-5-6-8-10-12-21(25)27-31(29)30/h7,9,16-20,23-24H,4-6,8,10-15,28-30H2,1-3H3/b9-7+. The highest BCUT2D eigenvalue weighted by Gasteiger charge is 2.42. The van der Waals surface area contributed by atoms with Crippen molar-refractivity contribution in [2.24, 2.45) is 17.3 Å². The highest BCUT2D eigenvalue weighted by Crippen LogP contribution is 2.53. The number of hydrogen-bond donors (Lipinski definition) is 2. The Hall–Kier alpha value is 0.810. The van der Waals surface area contributed by atoms with Crippen molar-refractivity contribution >= 4 is 40.8 Å². The summed E-state index contributed by atoms with van der Waals surface area (Å²) in [5.41, 5.74) is -0.0890. The van der Waals surface area contributed by atoms with Gasteiger partial charge in [0.15, 0.2) is 0 Å². The van der Waals surface area contributed by atoms with E-state index in [0.717, 1.165) is 51.4 Å². The third kappa shape index (κ3) is 11.2. The van der Waals surface area contributed by atoms with Crippen LogP contribution in [-0.2, 0) is 13.8 Å². The molecule has 0 aromatic carbocycles. The van der Waals surface area contributed by atoms with Crippen molar-refractivity contribution in [2.45, 2.75) is 103 Å². The lowest BCUT2D eigenvalue weighted by molar-refractivity contribution is -0.133. The van der Waals surface area contributed by atoms with Crippen LogP contribution in [0.15, 0.2) is 12.2 Å². The maximum atomic E-state index is 11.5. The molecule has 182 valence electrons. The van der Waals surface area contributed by atoms with Crippen LogP contribution in [0.4, 0.5) is 0 Å². The van der Waals surface area contributed by atoms with Crippen LogP contribution in [-0.4, -0.2) is 34.5 Å². The van der Waals surface area contributed by atoms with E-state index in [-0.39, 0.29) is 41.5 Å². The van der Waals surface area contributed by atoms with E-state index < -0.39 is 7.53 Å². The molecular weight excluding hydrogens is 468 g/mol. The molecule has 2 N–H and O–H groups in total. The first kappa shape index (κ1) is 29.8. The molecule has 0 radical (unpaired) electrons. The summed E-state index contributed by atoms with van der Waals surface area (Å²) in [5, 5.41) is 21.2. The first-order chi connectivity index (χ1) is 14.6. The fraction of sp³-hybridized carbons (Fsp3) is 0.864. The van der Waals surface area contributed by atoms with E-state index in [9.17, 15) is 15.0 Å². The van der Waals surface area contributed by atoms with E-state index in [1.54, 1.807) is 0 Å². The van der Waals surface area contributed by atoms with Gasteiger partial charge in [-0.2, -0.15) is 0 Å². The Morgan fingerprint density at radius 2 is 1.94 bits per heavy atom. The molecule has 9 heteroatoms. The number of carbonyl (C=O) groups excluding carboxylic acids is 1. The molecule has 5 nitrogen and oxygen atoms in total. The zero-order valence-electron chi connectivity index (χ0n) is 19.4. The van der Waals surface area contributed by atoms with E-state index >= 15 is 0 Å². The first-order valence-electron chi connectivity index (χ1n) is 11.5. The molecule has 0 heterocycles. The van der Waals surface area contributed by atoms with Gasteiger partial charge in [0.1, 0.15) is 7.53 Å². The van der Waals surface area contributed by atoms with Gasteiger partial charge in [-0.25, -0.2) is 0 Å². The molecule has 0 spiro atoms. The first-order valence-corrected chi connectivity index (χ1v) is 16.5. The van der Waals surface area contributed by atoms with Gasteiger partial charge in [-0.3, -0.25) is 4.79 Å². The molecule has 1 saturated carbocycles. The SMILES string of the molecule is CCC(C)(C)C(O)CCC1C(OP)CC(O)C1C/C=C/CCCCCC(=O)OP(P)P. The molecule has 31 heavy (non-hydrogen) atoms. The maximum absolute atomic E-state index is 11.5. The van der Waals surface area contributed by atoms with E-state index in [0.29, 0.717) is 12.8 Å². The highest BCUT2D eigenvalue weighted by atomic mass is 32.4. The number of carbonyl (C=O) groups is 1. The molecule has 0 saturated heterocycles. The Balaban J connectivity index is 2.40. The summed E-state index contributed by atoms with van der Waals surface area (Å²) in [5.74, 6) is 0.304. The van der Waals surface area contributed by atoms with Crippen molar-refractivity contribution < 1.29 is 24.1 Å². The van der Waals surface area contributed by atoms with Crippen molar-refractivity contribution in [1.29, 1.82) is 0 Å². The monoisotopic (exact) mass is 512 g/mol. The summed E-state index contributed by atoms with van der Waals surface area (Å²) in [4.78, 5) is 11.5. The average molecular weight is 512 g/mol. The lowest BCUT2D eigenvalue weighted by atomic mass is 9.78. The maximum Gasteiger partial charge on any atom is 0.309 e. The van der Waals surface area contributed by atoms with Gasteiger partial charge in [-0.15, -0.1) is 0 Å². The highest BCUT2D eigenvalue weighted by molar-refractivity contribution is 8.41. The predicted octanol–water partition coefficient (Wildman–Crippen LogP) is 6.15. The van der Waals surface area contributed by atoms with Crippen LogP contribution < -0.4 is 0 Å². The topological polar surface area (TPSA) is 76.0 Å². The van der Waals surface area contributed by atoms with Crippen molar-refractivity contribution in [3.8, 4) is 0 Å². The van der Waals surface area contributed by atoms with Crippen molar-refractivity contribution in [3.05, 3.63) is 12.2 Å². The van der Waals surface area contributed by atoms with Crippen LogP contribution in [0.3, 0.4) is 0 Å². The Morgan fingerprint density at radius 1 is 1.23 bits per heavy atom. The third-order valence-electron chi connectivity index (χ3n) is 6.79. The number of hydrogen-bond acceptors (Lipinski definition) is 5. The van der Waals surface area contributed by atoms with Crippen LogP contribution in [0.5, 0.6) is 0 Å². The van der Waals surface area contributed by atoms with E-state index in [1.165, 1.54) is 0 Å². The Bertz CT molecular complexity index is 544. The summed E-state index contributed by atoms with van der Waals surface area (Å²) < 4.78 is 10.7. The summed E-state index contributed by atoms with van der Waals surface area (Å²) in [6, 6.07) is 0.